The number of nitrogens with zero attached hydrogens (tertiary/aromatic N) is 6. The van der Waals surface area contributed by atoms with Gasteiger partial charge in [0.1, 0.15) is 0 Å². The van der Waals surface area contributed by atoms with Crippen molar-refractivity contribution >= 4 is 9.12 Å². The lowest BCUT2D eigenvalue weighted by molar-refractivity contribution is 1.52. The molecule has 0 aromatic carbocycles. The van der Waals surface area contributed by atoms with Crippen LogP contribution in [-0.4, -0.2) is 9.12 Å². The lowest BCUT2D eigenvalue weighted by Gasteiger charge is -1.80. The lowest BCUT2D eigenvalue weighted by atomic mass is 11.9. The van der Waals surface area contributed by atoms with Gasteiger partial charge in [-0.15, -0.1) is 9.56 Å². The van der Waals surface area contributed by atoms with E-state index in [1.165, 1.54) is 0 Å². The van der Waals surface area contributed by atoms with E-state index in [-0.39, 0.29) is 0 Å². The molecule has 0 rings (SSSR count). The van der Waals surface area contributed by atoms with Crippen molar-refractivity contribution in [3.63, 3.8) is 0 Å². The zero-order valence-electron chi connectivity index (χ0n) is 4.18. The monoisotopic (exact) mass is 127 g/mol. The maximum atomic E-state index is 7.76. The topological polar surface area (TPSA) is 97.5 Å². The molecule has 0 aromatic heterocycles. The normalized spacial score (nSPS) is 7.25. The summed E-state index contributed by atoms with van der Waals surface area (Å²) in [6.07, 6.45) is 0. The minimum absolute atomic E-state index is 1.47. The molecule has 0 bridgehead atoms. The first kappa shape index (κ1) is 6.84. The minimum Gasteiger partial charge on any atom is -0.120 e. The van der Waals surface area contributed by atoms with E-state index in [9.17, 15) is 0 Å². The highest BCUT2D eigenvalue weighted by Crippen LogP contribution is 1.84. The van der Waals surface area contributed by atoms with Crippen LogP contribution in [0.2, 0.25) is 6.55 Å². The van der Waals surface area contributed by atoms with Crippen molar-refractivity contribution in [2.24, 2.45) is 9.56 Å². The smallest absolute Gasteiger partial charge is 0.120 e. The molecule has 0 unspecified atom stereocenters. The Hall–Kier alpha value is -1.16. The quantitative estimate of drug-likeness (QED) is 0.233. The van der Waals surface area contributed by atoms with Gasteiger partial charge in [0.2, 0.25) is 0 Å². The van der Waals surface area contributed by atoms with Gasteiger partial charge in [-0.1, -0.05) is 6.55 Å². The van der Waals surface area contributed by atoms with Gasteiger partial charge >= 0.3 is 0 Å². The van der Waals surface area contributed by atoms with Crippen LogP contribution in [0.1, 0.15) is 0 Å². The fraction of sp³-hybridized carbons (Fsp3) is 1.00. The minimum atomic E-state index is -1.47. The van der Waals surface area contributed by atoms with Crippen molar-refractivity contribution in [1.82, 2.24) is 0 Å². The Morgan fingerprint density at radius 2 is 1.62 bits per heavy atom. The Labute approximate surface area is 47.1 Å². The van der Waals surface area contributed by atoms with E-state index in [4.69, 9.17) is 11.1 Å². The predicted octanol–water partition coefficient (Wildman–Crippen LogP) is 1.72. The van der Waals surface area contributed by atoms with Gasteiger partial charge in [0, 0.05) is 0 Å². The zero-order valence-corrected chi connectivity index (χ0v) is 5.18. The Bertz CT molecular complexity index is 132. The van der Waals surface area contributed by atoms with Gasteiger partial charge < -0.3 is 0 Å². The average molecular weight is 127 g/mol. The predicted molar refractivity (Wildman–Crippen MR) is 29.9 cm³/mol. The zero-order chi connectivity index (χ0) is 6.41. The highest BCUT2D eigenvalue weighted by atomic mass is 28.3. The van der Waals surface area contributed by atoms with Crippen LogP contribution >= 0.6 is 0 Å². The second kappa shape index (κ2) is 4.01. The SMILES string of the molecule is C[Si](N=[N+]=[N-])N=[N+]=[N-]. The molecule has 0 spiro atoms. The van der Waals surface area contributed by atoms with Gasteiger partial charge in [0.05, 0.1) is 0 Å². The number of hydrogen-bond acceptors (Lipinski definition) is 2. The molecule has 0 saturated heterocycles. The lowest BCUT2D eigenvalue weighted by Crippen LogP contribution is -1.92. The molecule has 1 radical (unpaired) electrons. The summed E-state index contributed by atoms with van der Waals surface area (Å²) in [5, 5.41) is 0. The van der Waals surface area contributed by atoms with Gasteiger partial charge in [-0.2, -0.15) is 0 Å². The molecule has 0 aromatic rings. The van der Waals surface area contributed by atoms with Crippen LogP contribution in [0, 0.1) is 0 Å². The Morgan fingerprint density at radius 1 is 1.25 bits per heavy atom. The molecule has 0 fully saturated rings. The maximum Gasteiger partial charge on any atom is 0.256 e. The maximum absolute atomic E-state index is 7.76. The van der Waals surface area contributed by atoms with Gasteiger partial charge in [-0.3, -0.25) is 0 Å². The third kappa shape index (κ3) is 3.04. The fourth-order valence-corrected chi connectivity index (χ4v) is 0.448. The molecule has 0 heterocycles. The van der Waals surface area contributed by atoms with E-state index in [1.54, 1.807) is 6.55 Å². The molecule has 0 saturated carbocycles. The summed E-state index contributed by atoms with van der Waals surface area (Å²) in [6.45, 7) is 1.60. The third-order valence-corrected chi connectivity index (χ3v) is 1.14. The van der Waals surface area contributed by atoms with Crippen LogP contribution < -0.4 is 0 Å². The Morgan fingerprint density at radius 3 is 1.88 bits per heavy atom. The first-order valence-electron chi connectivity index (χ1n) is 1.75. The first-order valence-corrected chi connectivity index (χ1v) is 3.64. The summed E-state index contributed by atoms with van der Waals surface area (Å²) in [7, 11) is -1.47. The molecule has 8 heavy (non-hydrogen) atoms. The van der Waals surface area contributed by atoms with Crippen molar-refractivity contribution in [1.29, 1.82) is 0 Å². The molecule has 0 aliphatic rings. The fourth-order valence-electron chi connectivity index (χ4n) is 0.149. The van der Waals surface area contributed by atoms with E-state index in [0.29, 0.717) is 0 Å². The number of hydrogen-bond donors (Lipinski definition) is 0. The number of rotatable bonds is 2. The highest BCUT2D eigenvalue weighted by molar-refractivity contribution is 6.52. The van der Waals surface area contributed by atoms with Crippen LogP contribution in [0.5, 0.6) is 0 Å². The van der Waals surface area contributed by atoms with Gasteiger partial charge in [-0.05, 0) is 20.9 Å². The summed E-state index contributed by atoms with van der Waals surface area (Å²) in [5.41, 5.74) is 15.5. The second-order valence-corrected chi connectivity index (χ2v) is 2.42. The average Bonchev–Trinajstić information content (AvgIpc) is 1.68. The summed E-state index contributed by atoms with van der Waals surface area (Å²) < 4.78 is 6.35. The van der Waals surface area contributed by atoms with Crippen molar-refractivity contribution in [3.8, 4) is 0 Å². The van der Waals surface area contributed by atoms with Gasteiger partial charge in [0.15, 0.2) is 0 Å². The van der Waals surface area contributed by atoms with Gasteiger partial charge in [0.25, 0.3) is 9.12 Å². The third-order valence-electron chi connectivity index (χ3n) is 0.379. The molecule has 0 aliphatic heterocycles. The van der Waals surface area contributed by atoms with E-state index in [0.717, 1.165) is 0 Å². The van der Waals surface area contributed by atoms with Crippen molar-refractivity contribution < 1.29 is 0 Å². The van der Waals surface area contributed by atoms with Crippen molar-refractivity contribution in [2.45, 2.75) is 6.55 Å². The molecule has 6 nitrogen and oxygen atoms in total. The molecular formula is CH3N6Si. The molecule has 41 valence electrons. The van der Waals surface area contributed by atoms with Crippen molar-refractivity contribution in [2.75, 3.05) is 0 Å². The van der Waals surface area contributed by atoms with Crippen LogP contribution in [0.4, 0.5) is 0 Å². The standard InChI is InChI=1S/CH3N6Si/c1-8(6-4-2)7-5-3/h1H3. The van der Waals surface area contributed by atoms with Gasteiger partial charge in [-0.25, -0.2) is 0 Å². The molecule has 0 N–H and O–H groups in total. The van der Waals surface area contributed by atoms with E-state index in [1.807, 2.05) is 0 Å². The summed E-state index contributed by atoms with van der Waals surface area (Å²) in [4.78, 5) is 4.92. The molecule has 0 amide bonds. The van der Waals surface area contributed by atoms with E-state index < -0.39 is 9.12 Å². The van der Waals surface area contributed by atoms with Crippen molar-refractivity contribution in [3.05, 3.63) is 20.9 Å². The molecular weight excluding hydrogens is 124 g/mol. The second-order valence-electron chi connectivity index (χ2n) is 0.926. The Kier molecular flexibility index (Phi) is 3.43. The summed E-state index contributed by atoms with van der Waals surface area (Å²) >= 11 is 0. The molecule has 0 atom stereocenters. The van der Waals surface area contributed by atoms with Crippen LogP contribution in [0.25, 0.3) is 20.9 Å². The summed E-state index contributed by atoms with van der Waals surface area (Å²) in [5.74, 6) is 0. The first-order chi connectivity index (χ1) is 3.81. The van der Waals surface area contributed by atoms with Crippen LogP contribution in [-0.2, 0) is 0 Å². The molecule has 7 heteroatoms. The van der Waals surface area contributed by atoms with Crippen LogP contribution in [0.15, 0.2) is 9.56 Å². The largest absolute Gasteiger partial charge is 0.256 e. The summed E-state index contributed by atoms with van der Waals surface area (Å²) in [6, 6.07) is 0. The number of azide groups is 1. The molecule has 0 aliphatic carbocycles. The Balaban J connectivity index is 3.82. The van der Waals surface area contributed by atoms with E-state index in [2.05, 4.69) is 19.4 Å². The highest BCUT2D eigenvalue weighted by Gasteiger charge is 1.92. The van der Waals surface area contributed by atoms with Crippen LogP contribution in [0.3, 0.4) is 0 Å². The van der Waals surface area contributed by atoms with E-state index >= 15 is 0 Å².